The van der Waals surface area contributed by atoms with Gasteiger partial charge in [0, 0.05) is 17.7 Å². The Bertz CT molecular complexity index is 1920. The predicted octanol–water partition coefficient (Wildman–Crippen LogP) is 5.69. The van der Waals surface area contributed by atoms with Crippen molar-refractivity contribution in [2.75, 3.05) is 4.90 Å². The van der Waals surface area contributed by atoms with Gasteiger partial charge in [-0.25, -0.2) is 4.39 Å². The molecule has 3 heterocycles. The number of hydrogen-bond acceptors (Lipinski definition) is 4. The Morgan fingerprint density at radius 1 is 0.825 bits per heavy atom. The van der Waals surface area contributed by atoms with Crippen LogP contribution in [0.3, 0.4) is 0 Å². The van der Waals surface area contributed by atoms with Crippen molar-refractivity contribution in [2.45, 2.75) is 25.6 Å². The highest BCUT2D eigenvalue weighted by molar-refractivity contribution is 6.17. The van der Waals surface area contributed by atoms with Crippen molar-refractivity contribution < 1.29 is 18.4 Å². The Labute approximate surface area is 228 Å². The van der Waals surface area contributed by atoms with Gasteiger partial charge in [0.05, 0.1) is 23.2 Å². The third kappa shape index (κ3) is 3.24. The van der Waals surface area contributed by atoms with Gasteiger partial charge in [-0.05, 0) is 36.8 Å². The van der Waals surface area contributed by atoms with Crippen LogP contribution < -0.4 is 10.3 Å². The molecule has 0 saturated carbocycles. The van der Waals surface area contributed by atoms with Crippen LogP contribution in [0.4, 0.5) is 10.1 Å². The molecular formula is C33H23FN2O4. The average Bonchev–Trinajstić information content (AvgIpc) is 3.35. The summed E-state index contributed by atoms with van der Waals surface area (Å²) in [4.78, 5) is 46.1. The number of nitrogens with zero attached hydrogens (tertiary/aromatic N) is 2. The highest BCUT2D eigenvalue weighted by Gasteiger charge is 2.65. The Hall–Kier alpha value is -5.04. The van der Waals surface area contributed by atoms with Gasteiger partial charge in [0.15, 0.2) is 11.0 Å². The van der Waals surface area contributed by atoms with Gasteiger partial charge in [0.2, 0.25) is 5.76 Å². The van der Waals surface area contributed by atoms with Crippen molar-refractivity contribution in [3.05, 3.63) is 147 Å². The monoisotopic (exact) mass is 530 g/mol. The topological polar surface area (TPSA) is 70.8 Å². The lowest BCUT2D eigenvalue weighted by Crippen LogP contribution is -2.53. The molecule has 0 N–H and O–H groups in total. The van der Waals surface area contributed by atoms with Crippen molar-refractivity contribution in [2.24, 2.45) is 0 Å². The maximum absolute atomic E-state index is 14.8. The largest absolute Gasteiger partial charge is 0.450 e. The van der Waals surface area contributed by atoms with Crippen LogP contribution in [0.25, 0.3) is 11.0 Å². The summed E-state index contributed by atoms with van der Waals surface area (Å²) in [7, 11) is 0. The highest BCUT2D eigenvalue weighted by Crippen LogP contribution is 2.53. The lowest BCUT2D eigenvalue weighted by atomic mass is 9.83. The van der Waals surface area contributed by atoms with Crippen LogP contribution in [0.1, 0.15) is 38.4 Å². The Kier molecular flexibility index (Phi) is 5.25. The van der Waals surface area contributed by atoms with Crippen LogP contribution in [0.5, 0.6) is 0 Å². The van der Waals surface area contributed by atoms with Gasteiger partial charge in [-0.2, -0.15) is 0 Å². The quantitative estimate of drug-likeness (QED) is 0.300. The van der Waals surface area contributed by atoms with E-state index in [2.05, 4.69) is 0 Å². The molecule has 2 aliphatic heterocycles. The van der Waals surface area contributed by atoms with Gasteiger partial charge >= 0.3 is 0 Å². The molecule has 0 bridgehead atoms. The number of halogens is 1. The van der Waals surface area contributed by atoms with Crippen LogP contribution in [0.15, 0.2) is 106 Å². The Morgan fingerprint density at radius 2 is 1.55 bits per heavy atom. The van der Waals surface area contributed by atoms with Crippen LogP contribution >= 0.6 is 0 Å². The van der Waals surface area contributed by atoms with E-state index < -0.39 is 28.6 Å². The smallest absolute Gasteiger partial charge is 0.291 e. The van der Waals surface area contributed by atoms with Gasteiger partial charge in [0.25, 0.3) is 11.8 Å². The fourth-order valence-corrected chi connectivity index (χ4v) is 6.05. The number of carbonyl (C=O) groups is 2. The van der Waals surface area contributed by atoms with Crippen molar-refractivity contribution in [1.82, 2.24) is 4.90 Å². The van der Waals surface area contributed by atoms with E-state index in [1.54, 1.807) is 60.7 Å². The molecule has 196 valence electrons. The number of para-hydroxylation sites is 1. The van der Waals surface area contributed by atoms with Crippen LogP contribution in [-0.2, 0) is 23.4 Å². The van der Waals surface area contributed by atoms with Crippen molar-refractivity contribution in [3.8, 4) is 0 Å². The van der Waals surface area contributed by atoms with Gasteiger partial charge in [-0.1, -0.05) is 78.4 Å². The molecule has 4 aromatic carbocycles. The summed E-state index contributed by atoms with van der Waals surface area (Å²) in [6, 6.07) is 27.8. The molecule has 0 radical (unpaired) electrons. The van der Waals surface area contributed by atoms with Crippen molar-refractivity contribution in [1.29, 1.82) is 0 Å². The molecule has 2 amide bonds. The zero-order chi connectivity index (χ0) is 27.6. The lowest BCUT2D eigenvalue weighted by Gasteiger charge is -2.34. The summed E-state index contributed by atoms with van der Waals surface area (Å²) in [5, 5.41) is 0.297. The molecule has 1 unspecified atom stereocenters. The molecule has 7 heteroatoms. The average molecular weight is 531 g/mol. The first-order valence-corrected chi connectivity index (χ1v) is 13.0. The fourth-order valence-electron chi connectivity index (χ4n) is 6.05. The summed E-state index contributed by atoms with van der Waals surface area (Å²) in [6.07, 6.45) is 0. The molecule has 0 saturated heterocycles. The van der Waals surface area contributed by atoms with Crippen LogP contribution in [0.2, 0.25) is 0 Å². The van der Waals surface area contributed by atoms with E-state index in [4.69, 9.17) is 4.42 Å². The molecule has 7 rings (SSSR count). The molecule has 6 nitrogen and oxygen atoms in total. The fraction of sp³-hybridized carbons (Fsp3) is 0.121. The van der Waals surface area contributed by atoms with Gasteiger partial charge in [-0.15, -0.1) is 0 Å². The number of anilines is 1. The number of amides is 2. The minimum atomic E-state index is -1.78. The van der Waals surface area contributed by atoms with E-state index in [-0.39, 0.29) is 30.0 Å². The lowest BCUT2D eigenvalue weighted by molar-refractivity contribution is -0.126. The second-order valence-corrected chi connectivity index (χ2v) is 10.2. The van der Waals surface area contributed by atoms with E-state index in [1.807, 2.05) is 37.3 Å². The normalized spacial score (nSPS) is 17.6. The first kappa shape index (κ1) is 24.0. The van der Waals surface area contributed by atoms with Crippen molar-refractivity contribution in [3.63, 3.8) is 0 Å². The van der Waals surface area contributed by atoms with Gasteiger partial charge in [-0.3, -0.25) is 14.4 Å². The summed E-state index contributed by atoms with van der Waals surface area (Å²) in [6.45, 7) is 1.86. The third-order valence-electron chi connectivity index (χ3n) is 7.86. The van der Waals surface area contributed by atoms with Crippen molar-refractivity contribution >= 4 is 28.5 Å². The maximum atomic E-state index is 14.8. The zero-order valence-electron chi connectivity index (χ0n) is 21.6. The molecule has 1 spiro atoms. The minimum Gasteiger partial charge on any atom is -0.450 e. The second-order valence-electron chi connectivity index (χ2n) is 10.2. The van der Waals surface area contributed by atoms with Gasteiger partial charge < -0.3 is 14.2 Å². The molecule has 0 aliphatic carbocycles. The number of aryl methyl sites for hydroxylation is 1. The first-order chi connectivity index (χ1) is 19.4. The second kappa shape index (κ2) is 8.74. The predicted molar refractivity (Wildman–Crippen MR) is 148 cm³/mol. The molecule has 1 aromatic heterocycles. The van der Waals surface area contributed by atoms with E-state index in [0.29, 0.717) is 22.2 Å². The Morgan fingerprint density at radius 3 is 2.35 bits per heavy atom. The minimum absolute atomic E-state index is 0.0000136. The number of benzene rings is 4. The molecular weight excluding hydrogens is 507 g/mol. The molecule has 40 heavy (non-hydrogen) atoms. The molecule has 2 aliphatic rings. The number of rotatable bonds is 4. The number of hydrogen-bond donors (Lipinski definition) is 0. The highest BCUT2D eigenvalue weighted by atomic mass is 19.1. The SMILES string of the molecule is Cc1ccc2oc3c(c(=O)c2c1)C1(C(=O)N(Cc2ccccc2F)c2ccccc21)N(Cc1ccccc1)C3=O. The molecule has 1 atom stereocenters. The third-order valence-corrected chi connectivity index (χ3v) is 7.86. The molecule has 0 fully saturated rings. The standard InChI is InChI=1S/C33H23FN2O4/c1-20-15-16-27-23(17-20)29(37)28-30(40-27)31(38)36(18-21-9-3-2-4-10-21)33(28)24-12-6-8-14-26(24)35(32(33)39)19-22-11-5-7-13-25(22)34/h2-17H,18-19H2,1H3. The maximum Gasteiger partial charge on any atom is 0.291 e. The molecule has 5 aromatic rings. The van der Waals surface area contributed by atoms with E-state index >= 15 is 0 Å². The van der Waals surface area contributed by atoms with Gasteiger partial charge in [0.1, 0.15) is 11.4 Å². The van der Waals surface area contributed by atoms with Crippen LogP contribution in [0, 0.1) is 12.7 Å². The number of fused-ring (bicyclic) bond motifs is 5. The summed E-state index contributed by atoms with van der Waals surface area (Å²) >= 11 is 0. The zero-order valence-corrected chi connectivity index (χ0v) is 21.6. The van der Waals surface area contributed by atoms with E-state index in [0.717, 1.165) is 11.1 Å². The van der Waals surface area contributed by atoms with E-state index in [9.17, 15) is 18.8 Å². The van der Waals surface area contributed by atoms with Crippen LogP contribution in [-0.4, -0.2) is 16.7 Å². The number of carbonyl (C=O) groups excluding carboxylic acids is 2. The van der Waals surface area contributed by atoms with E-state index in [1.165, 1.54) is 15.9 Å². The summed E-state index contributed by atoms with van der Waals surface area (Å²) in [5.74, 6) is -1.64. The summed E-state index contributed by atoms with van der Waals surface area (Å²) in [5.41, 5.74) is 1.02. The Balaban J connectivity index is 1.53. The summed E-state index contributed by atoms with van der Waals surface area (Å²) < 4.78 is 20.9. The first-order valence-electron chi connectivity index (χ1n) is 13.0.